The lowest BCUT2D eigenvalue weighted by Gasteiger charge is -2.31. The molecule has 0 bridgehead atoms. The van der Waals surface area contributed by atoms with Crippen molar-refractivity contribution in [2.75, 3.05) is 11.4 Å². The highest BCUT2D eigenvalue weighted by atomic mass is 16.7. The third-order valence-corrected chi connectivity index (χ3v) is 5.29. The molecule has 2 aromatic carbocycles. The Morgan fingerprint density at radius 3 is 2.66 bits per heavy atom. The van der Waals surface area contributed by atoms with Crippen LogP contribution in [0.15, 0.2) is 78.0 Å². The Labute approximate surface area is 168 Å². The number of anilines is 1. The highest BCUT2D eigenvalue weighted by molar-refractivity contribution is 5.88. The predicted octanol–water partition coefficient (Wildman–Crippen LogP) is 2.98. The zero-order chi connectivity index (χ0) is 19.6. The first-order valence-electron chi connectivity index (χ1n) is 9.64. The Kier molecular flexibility index (Phi) is 4.44. The van der Waals surface area contributed by atoms with E-state index in [1.165, 1.54) is 22.2 Å². The van der Waals surface area contributed by atoms with E-state index >= 15 is 0 Å². The third-order valence-electron chi connectivity index (χ3n) is 5.29. The first-order chi connectivity index (χ1) is 14.3. The van der Waals surface area contributed by atoms with E-state index in [2.05, 4.69) is 39.1 Å². The monoisotopic (exact) mass is 384 g/mol. The number of hydrogen-bond acceptors (Lipinski definition) is 5. The number of aromatic nitrogens is 3. The number of rotatable bonds is 4. The zero-order valence-electron chi connectivity index (χ0n) is 15.9. The van der Waals surface area contributed by atoms with Crippen molar-refractivity contribution >= 4 is 16.7 Å². The van der Waals surface area contributed by atoms with E-state index in [9.17, 15) is 4.79 Å². The second-order valence-electron chi connectivity index (χ2n) is 7.12. The van der Waals surface area contributed by atoms with Crippen molar-refractivity contribution in [3.8, 4) is 0 Å². The van der Waals surface area contributed by atoms with Crippen LogP contribution in [-0.4, -0.2) is 21.2 Å². The molecule has 0 unspecified atom stereocenters. The van der Waals surface area contributed by atoms with Crippen LogP contribution < -0.4 is 15.3 Å². The average molecular weight is 384 g/mol. The maximum absolute atomic E-state index is 12.9. The molecule has 144 valence electrons. The van der Waals surface area contributed by atoms with Crippen LogP contribution in [0.1, 0.15) is 16.7 Å². The molecule has 0 N–H and O–H groups in total. The van der Waals surface area contributed by atoms with Crippen molar-refractivity contribution < 1.29 is 4.84 Å². The molecule has 1 aliphatic rings. The lowest BCUT2D eigenvalue weighted by molar-refractivity contribution is 0.0979. The van der Waals surface area contributed by atoms with Crippen molar-refractivity contribution in [3.63, 3.8) is 0 Å². The molecule has 0 atom stereocenters. The molecule has 6 nitrogen and oxygen atoms in total. The standard InChI is InChI=1S/C23H20N4O2/c28-22-12-21(26-11-10-18-8-4-5-9-19(18)14-26)20-13-24-16-25-23(20)27(22)29-15-17-6-2-1-3-7-17/h1-9,12-13,16H,10-11,14-15H2. The van der Waals surface area contributed by atoms with E-state index in [1.54, 1.807) is 12.3 Å². The number of nitrogens with zero attached hydrogens (tertiary/aromatic N) is 4. The molecular weight excluding hydrogens is 364 g/mol. The summed E-state index contributed by atoms with van der Waals surface area (Å²) in [7, 11) is 0. The maximum Gasteiger partial charge on any atom is 0.287 e. The Balaban J connectivity index is 1.53. The van der Waals surface area contributed by atoms with Gasteiger partial charge < -0.3 is 9.74 Å². The molecular formula is C23H20N4O2. The van der Waals surface area contributed by atoms with Gasteiger partial charge in [0.1, 0.15) is 12.9 Å². The summed E-state index contributed by atoms with van der Waals surface area (Å²) in [4.78, 5) is 29.5. The number of fused-ring (bicyclic) bond motifs is 2. The van der Waals surface area contributed by atoms with E-state index in [0.717, 1.165) is 36.1 Å². The Morgan fingerprint density at radius 2 is 1.79 bits per heavy atom. The zero-order valence-corrected chi connectivity index (χ0v) is 15.9. The van der Waals surface area contributed by atoms with E-state index in [1.807, 2.05) is 30.3 Å². The van der Waals surface area contributed by atoms with Crippen molar-refractivity contribution in [1.29, 1.82) is 0 Å². The summed E-state index contributed by atoms with van der Waals surface area (Å²) in [5.41, 5.74) is 4.73. The van der Waals surface area contributed by atoms with Gasteiger partial charge in [-0.05, 0) is 23.1 Å². The highest BCUT2D eigenvalue weighted by Gasteiger charge is 2.21. The predicted molar refractivity (Wildman–Crippen MR) is 112 cm³/mol. The number of benzene rings is 2. The SMILES string of the molecule is O=c1cc(N2CCc3ccccc3C2)c2cncnc2n1OCc1ccccc1. The van der Waals surface area contributed by atoms with Crippen LogP contribution >= 0.6 is 0 Å². The molecule has 29 heavy (non-hydrogen) atoms. The summed E-state index contributed by atoms with van der Waals surface area (Å²) < 4.78 is 1.27. The minimum atomic E-state index is -0.235. The molecule has 0 saturated carbocycles. The summed E-state index contributed by atoms with van der Waals surface area (Å²) in [6, 6.07) is 19.8. The van der Waals surface area contributed by atoms with Crippen LogP contribution in [0.5, 0.6) is 0 Å². The smallest absolute Gasteiger partial charge is 0.287 e. The molecule has 6 heteroatoms. The minimum Gasteiger partial charge on any atom is -0.404 e. The third kappa shape index (κ3) is 3.33. The fourth-order valence-electron chi connectivity index (χ4n) is 3.82. The van der Waals surface area contributed by atoms with Crippen molar-refractivity contribution in [3.05, 3.63) is 100 Å². The van der Waals surface area contributed by atoms with Gasteiger partial charge in [-0.25, -0.2) is 9.97 Å². The summed E-state index contributed by atoms with van der Waals surface area (Å²) >= 11 is 0. The summed E-state index contributed by atoms with van der Waals surface area (Å²) in [5, 5.41) is 0.805. The summed E-state index contributed by atoms with van der Waals surface area (Å²) in [6.07, 6.45) is 4.14. The summed E-state index contributed by atoms with van der Waals surface area (Å²) in [5.74, 6) is 0. The number of pyridine rings is 1. The van der Waals surface area contributed by atoms with Crippen LogP contribution in [-0.2, 0) is 19.6 Å². The van der Waals surface area contributed by atoms with Gasteiger partial charge in [0.2, 0.25) is 0 Å². The molecule has 5 rings (SSSR count). The van der Waals surface area contributed by atoms with Crippen molar-refractivity contribution in [2.45, 2.75) is 19.6 Å². The average Bonchev–Trinajstić information content (AvgIpc) is 2.78. The quantitative estimate of drug-likeness (QED) is 0.541. The molecule has 0 spiro atoms. The van der Waals surface area contributed by atoms with Gasteiger partial charge in [-0.1, -0.05) is 54.6 Å². The van der Waals surface area contributed by atoms with Gasteiger partial charge in [-0.15, -0.1) is 4.73 Å². The first kappa shape index (κ1) is 17.4. The molecule has 0 fully saturated rings. The van der Waals surface area contributed by atoms with Crippen LogP contribution in [0.25, 0.3) is 11.0 Å². The second-order valence-corrected chi connectivity index (χ2v) is 7.12. The largest absolute Gasteiger partial charge is 0.404 e. The molecule has 1 aliphatic heterocycles. The van der Waals surface area contributed by atoms with Gasteiger partial charge in [0.25, 0.3) is 5.56 Å². The molecule has 3 heterocycles. The fraction of sp³-hybridized carbons (Fsp3) is 0.174. The molecule has 4 aromatic rings. The van der Waals surface area contributed by atoms with Gasteiger partial charge in [-0.2, -0.15) is 0 Å². The normalized spacial score (nSPS) is 13.3. The molecule has 0 saturated heterocycles. The highest BCUT2D eigenvalue weighted by Crippen LogP contribution is 2.28. The van der Waals surface area contributed by atoms with E-state index in [-0.39, 0.29) is 12.2 Å². The van der Waals surface area contributed by atoms with Gasteiger partial charge in [0, 0.05) is 25.4 Å². The molecule has 2 aromatic heterocycles. The van der Waals surface area contributed by atoms with Crippen LogP contribution in [0.4, 0.5) is 5.69 Å². The fourth-order valence-corrected chi connectivity index (χ4v) is 3.82. The van der Waals surface area contributed by atoms with Crippen LogP contribution in [0.2, 0.25) is 0 Å². The topological polar surface area (TPSA) is 60.2 Å². The van der Waals surface area contributed by atoms with Crippen LogP contribution in [0.3, 0.4) is 0 Å². The lowest BCUT2D eigenvalue weighted by Crippen LogP contribution is -2.33. The van der Waals surface area contributed by atoms with Gasteiger partial charge >= 0.3 is 0 Å². The maximum atomic E-state index is 12.9. The van der Waals surface area contributed by atoms with Gasteiger partial charge in [-0.3, -0.25) is 4.79 Å². The summed E-state index contributed by atoms with van der Waals surface area (Å²) in [6.45, 7) is 1.89. The Bertz CT molecular complexity index is 1220. The Hall–Kier alpha value is -3.67. The number of hydrogen-bond donors (Lipinski definition) is 0. The minimum absolute atomic E-state index is 0.235. The van der Waals surface area contributed by atoms with Crippen molar-refractivity contribution in [1.82, 2.24) is 14.7 Å². The van der Waals surface area contributed by atoms with Gasteiger partial charge in [0.05, 0.1) is 11.1 Å². The second kappa shape index (κ2) is 7.39. The van der Waals surface area contributed by atoms with E-state index in [0.29, 0.717) is 5.65 Å². The first-order valence-corrected chi connectivity index (χ1v) is 9.64. The molecule has 0 amide bonds. The van der Waals surface area contributed by atoms with Crippen LogP contribution in [0, 0.1) is 0 Å². The molecule has 0 aliphatic carbocycles. The Morgan fingerprint density at radius 1 is 1.00 bits per heavy atom. The van der Waals surface area contributed by atoms with E-state index in [4.69, 9.17) is 4.84 Å². The van der Waals surface area contributed by atoms with E-state index < -0.39 is 0 Å². The van der Waals surface area contributed by atoms with Crippen molar-refractivity contribution in [2.24, 2.45) is 0 Å². The lowest BCUT2D eigenvalue weighted by atomic mass is 9.99. The van der Waals surface area contributed by atoms with Gasteiger partial charge in [0.15, 0.2) is 5.65 Å². The molecule has 0 radical (unpaired) electrons.